The monoisotopic (exact) mass is 321 g/mol. The van der Waals surface area contributed by atoms with Crippen molar-refractivity contribution in [3.63, 3.8) is 0 Å². The zero-order valence-electron chi connectivity index (χ0n) is 12.2. The van der Waals surface area contributed by atoms with E-state index in [0.29, 0.717) is 13.1 Å². The molecule has 5 nitrogen and oxygen atoms in total. The Morgan fingerprint density at radius 2 is 1.36 bits per heavy atom. The van der Waals surface area contributed by atoms with Gasteiger partial charge in [-0.15, -0.1) is 0 Å². The fourth-order valence-electron chi connectivity index (χ4n) is 2.02. The molecule has 0 aliphatic carbocycles. The molecule has 6 heteroatoms. The molecule has 0 aliphatic heterocycles. The summed E-state index contributed by atoms with van der Waals surface area (Å²) in [6.45, 7) is 1.58. The summed E-state index contributed by atoms with van der Waals surface area (Å²) in [5.41, 5.74) is 2.27. The van der Waals surface area contributed by atoms with Crippen LogP contribution in [0.3, 0.4) is 0 Å². The summed E-state index contributed by atoms with van der Waals surface area (Å²) in [7, 11) is -2.90. The maximum atomic E-state index is 10.5. The summed E-state index contributed by atoms with van der Waals surface area (Å²) in [6, 6.07) is 20.0. The van der Waals surface area contributed by atoms with Crippen LogP contribution in [-0.2, 0) is 27.0 Å². The third-order valence-electron chi connectivity index (χ3n) is 2.99. The normalized spacial score (nSPS) is 12.5. The molecule has 0 bridgehead atoms. The molecule has 0 saturated heterocycles. The smallest absolute Gasteiger partial charge is 0.316 e. The molecule has 0 fully saturated rings. The molecule has 0 amide bonds. The number of rotatable bonds is 9. The van der Waals surface area contributed by atoms with Crippen molar-refractivity contribution in [2.45, 2.75) is 13.1 Å². The van der Waals surface area contributed by atoms with Gasteiger partial charge in [-0.05, 0) is 11.1 Å². The number of benzene rings is 2. The van der Waals surface area contributed by atoms with Crippen LogP contribution in [0.15, 0.2) is 60.7 Å². The number of hydrogen-bond donors (Lipinski definition) is 1. The summed E-state index contributed by atoms with van der Waals surface area (Å²) in [5.74, 6) is 0. The molecule has 22 heavy (non-hydrogen) atoms. The largest absolute Gasteiger partial charge is 0.326 e. The van der Waals surface area contributed by atoms with Crippen LogP contribution in [-0.4, -0.2) is 23.2 Å². The molecule has 0 heterocycles. The first kappa shape index (κ1) is 16.9. The van der Waals surface area contributed by atoms with Gasteiger partial charge in [0.05, 0.1) is 13.2 Å². The number of hydroxylamine groups is 2. The SMILES string of the molecule is O=[PH](O)OCCON(Cc1ccccc1)Cc1ccccc1. The van der Waals surface area contributed by atoms with Crippen molar-refractivity contribution in [3.05, 3.63) is 71.8 Å². The van der Waals surface area contributed by atoms with E-state index in [1.165, 1.54) is 0 Å². The van der Waals surface area contributed by atoms with Crippen molar-refractivity contribution >= 4 is 8.25 Å². The van der Waals surface area contributed by atoms with E-state index in [2.05, 4.69) is 4.52 Å². The van der Waals surface area contributed by atoms with Gasteiger partial charge in [0.25, 0.3) is 0 Å². The standard InChI is InChI=1S/C16H20NO4P/c18-22(19)21-12-11-20-17(13-15-7-3-1-4-8-15)14-16-9-5-2-6-10-16/h1-10,22H,11-14H2,(H,18,19). The van der Waals surface area contributed by atoms with Crippen LogP contribution >= 0.6 is 8.25 Å². The summed E-state index contributed by atoms with van der Waals surface area (Å²) >= 11 is 0. The first-order chi connectivity index (χ1) is 10.7. The van der Waals surface area contributed by atoms with Gasteiger partial charge in [0.2, 0.25) is 0 Å². The minimum absolute atomic E-state index is 0.0916. The number of hydrogen-bond acceptors (Lipinski definition) is 4. The molecule has 0 radical (unpaired) electrons. The highest BCUT2D eigenvalue weighted by molar-refractivity contribution is 7.32. The topological polar surface area (TPSA) is 59.0 Å². The number of nitrogens with zero attached hydrogens (tertiary/aromatic N) is 1. The minimum atomic E-state index is -2.90. The van der Waals surface area contributed by atoms with Crippen LogP contribution in [0.2, 0.25) is 0 Å². The molecule has 2 aromatic rings. The van der Waals surface area contributed by atoms with E-state index in [4.69, 9.17) is 9.73 Å². The Morgan fingerprint density at radius 3 is 1.82 bits per heavy atom. The molecule has 1 unspecified atom stereocenters. The van der Waals surface area contributed by atoms with E-state index in [0.717, 1.165) is 11.1 Å². The van der Waals surface area contributed by atoms with E-state index in [1.807, 2.05) is 65.7 Å². The van der Waals surface area contributed by atoms with Crippen molar-refractivity contribution in [1.29, 1.82) is 0 Å². The van der Waals surface area contributed by atoms with Gasteiger partial charge in [-0.2, -0.15) is 5.06 Å². The van der Waals surface area contributed by atoms with Crippen LogP contribution in [0.1, 0.15) is 11.1 Å². The van der Waals surface area contributed by atoms with Crippen molar-refractivity contribution in [2.75, 3.05) is 13.2 Å². The molecule has 0 aromatic heterocycles. The lowest BCUT2D eigenvalue weighted by Crippen LogP contribution is -2.25. The average Bonchev–Trinajstić information content (AvgIpc) is 2.53. The third kappa shape index (κ3) is 6.52. The maximum Gasteiger partial charge on any atom is 0.316 e. The Morgan fingerprint density at radius 1 is 0.864 bits per heavy atom. The van der Waals surface area contributed by atoms with Crippen molar-refractivity contribution in [1.82, 2.24) is 5.06 Å². The van der Waals surface area contributed by atoms with Crippen LogP contribution in [0.25, 0.3) is 0 Å². The molecular weight excluding hydrogens is 301 g/mol. The van der Waals surface area contributed by atoms with Gasteiger partial charge < -0.3 is 9.42 Å². The predicted molar refractivity (Wildman–Crippen MR) is 85.3 cm³/mol. The van der Waals surface area contributed by atoms with Gasteiger partial charge in [0.15, 0.2) is 0 Å². The quantitative estimate of drug-likeness (QED) is 0.437. The van der Waals surface area contributed by atoms with E-state index < -0.39 is 8.25 Å². The second-order valence-corrected chi connectivity index (χ2v) is 5.54. The van der Waals surface area contributed by atoms with Gasteiger partial charge in [0.1, 0.15) is 0 Å². The van der Waals surface area contributed by atoms with E-state index >= 15 is 0 Å². The second-order valence-electron chi connectivity index (χ2n) is 4.72. The summed E-state index contributed by atoms with van der Waals surface area (Å²) in [4.78, 5) is 14.3. The Kier molecular flexibility index (Phi) is 7.30. The Balaban J connectivity index is 1.92. The molecule has 0 spiro atoms. The predicted octanol–water partition coefficient (Wildman–Crippen LogP) is 3.02. The Hall–Kier alpha value is -1.49. The van der Waals surface area contributed by atoms with E-state index in [-0.39, 0.29) is 13.2 Å². The van der Waals surface area contributed by atoms with Gasteiger partial charge in [0, 0.05) is 13.1 Å². The highest BCUT2D eigenvalue weighted by Gasteiger charge is 2.08. The lowest BCUT2D eigenvalue weighted by molar-refractivity contribution is -0.178. The Labute approximate surface area is 131 Å². The fourth-order valence-corrected chi connectivity index (χ4v) is 2.27. The van der Waals surface area contributed by atoms with Crippen molar-refractivity contribution in [2.24, 2.45) is 0 Å². The highest BCUT2D eigenvalue weighted by atomic mass is 31.1. The van der Waals surface area contributed by atoms with Gasteiger partial charge in [-0.3, -0.25) is 9.40 Å². The molecular formula is C16H20NO4P. The average molecular weight is 321 g/mol. The third-order valence-corrected chi connectivity index (χ3v) is 3.44. The highest BCUT2D eigenvalue weighted by Crippen LogP contribution is 2.14. The lowest BCUT2D eigenvalue weighted by atomic mass is 10.2. The zero-order chi connectivity index (χ0) is 15.6. The molecule has 2 rings (SSSR count). The molecule has 1 atom stereocenters. The summed E-state index contributed by atoms with van der Waals surface area (Å²) in [5, 5.41) is 1.82. The minimum Gasteiger partial charge on any atom is -0.326 e. The van der Waals surface area contributed by atoms with Crippen molar-refractivity contribution in [3.8, 4) is 0 Å². The van der Waals surface area contributed by atoms with Gasteiger partial charge in [-0.1, -0.05) is 60.7 Å². The first-order valence-corrected chi connectivity index (χ1v) is 8.32. The molecule has 0 saturated carbocycles. The van der Waals surface area contributed by atoms with Crippen molar-refractivity contribution < 1.29 is 18.8 Å². The van der Waals surface area contributed by atoms with Crippen LogP contribution in [0, 0.1) is 0 Å². The van der Waals surface area contributed by atoms with Crippen LogP contribution < -0.4 is 0 Å². The maximum absolute atomic E-state index is 10.5. The molecule has 2 aromatic carbocycles. The first-order valence-electron chi connectivity index (χ1n) is 7.05. The summed E-state index contributed by atoms with van der Waals surface area (Å²) < 4.78 is 15.2. The molecule has 118 valence electrons. The van der Waals surface area contributed by atoms with Gasteiger partial charge in [-0.25, -0.2) is 0 Å². The van der Waals surface area contributed by atoms with E-state index in [1.54, 1.807) is 0 Å². The molecule has 0 aliphatic rings. The molecule has 1 N–H and O–H groups in total. The summed E-state index contributed by atoms with van der Waals surface area (Å²) in [6.07, 6.45) is 0. The zero-order valence-corrected chi connectivity index (χ0v) is 13.2. The van der Waals surface area contributed by atoms with Crippen LogP contribution in [0.5, 0.6) is 0 Å². The van der Waals surface area contributed by atoms with Gasteiger partial charge >= 0.3 is 8.25 Å². The lowest BCUT2D eigenvalue weighted by Gasteiger charge is -2.22. The van der Waals surface area contributed by atoms with E-state index in [9.17, 15) is 4.57 Å². The van der Waals surface area contributed by atoms with Crippen LogP contribution in [0.4, 0.5) is 0 Å². The fraction of sp³-hybridized carbons (Fsp3) is 0.250. The second kappa shape index (κ2) is 9.51. The Bertz CT molecular complexity index is 523.